The fraction of sp³-hybridized carbons (Fsp3) is 0.250. The highest BCUT2D eigenvalue weighted by Crippen LogP contribution is 2.10. The van der Waals surface area contributed by atoms with Gasteiger partial charge in [-0.15, -0.1) is 0 Å². The Bertz CT molecular complexity index is 218. The summed E-state index contributed by atoms with van der Waals surface area (Å²) in [6, 6.07) is 7.21. The Balaban J connectivity index is 2.66. The van der Waals surface area contributed by atoms with E-state index >= 15 is 0 Å². The van der Waals surface area contributed by atoms with Crippen LogP contribution in [0.2, 0.25) is 0 Å². The van der Waals surface area contributed by atoms with Gasteiger partial charge in [-0.05, 0) is 31.2 Å². The zero-order chi connectivity index (χ0) is 8.27. The molecular formula is C8H12N2O. The van der Waals surface area contributed by atoms with Crippen molar-refractivity contribution in [3.63, 3.8) is 0 Å². The minimum atomic E-state index is -0.529. The predicted octanol–water partition coefficient (Wildman–Crippen LogP) is 1.02. The molecule has 4 N–H and O–H groups in total. The number of hydrogen-bond donors (Lipinski definition) is 3. The van der Waals surface area contributed by atoms with Crippen LogP contribution in [0.4, 0.5) is 11.4 Å². The maximum absolute atomic E-state index is 8.93. The van der Waals surface area contributed by atoms with E-state index in [2.05, 4.69) is 5.32 Å². The third-order valence-corrected chi connectivity index (χ3v) is 1.29. The summed E-state index contributed by atoms with van der Waals surface area (Å²) in [5, 5.41) is 11.8. The number of nitrogens with two attached hydrogens (primary N) is 1. The minimum absolute atomic E-state index is 0.529. The van der Waals surface area contributed by atoms with Crippen LogP contribution in [-0.2, 0) is 0 Å². The third-order valence-electron chi connectivity index (χ3n) is 1.29. The van der Waals surface area contributed by atoms with Crippen molar-refractivity contribution in [1.82, 2.24) is 0 Å². The van der Waals surface area contributed by atoms with Gasteiger partial charge in [0, 0.05) is 11.4 Å². The quantitative estimate of drug-likeness (QED) is 0.438. The fourth-order valence-electron chi connectivity index (χ4n) is 0.821. The monoisotopic (exact) mass is 152 g/mol. The molecule has 0 bridgehead atoms. The smallest absolute Gasteiger partial charge is 0.121 e. The number of benzene rings is 1. The summed E-state index contributed by atoms with van der Waals surface area (Å²) in [5.74, 6) is 0. The Labute approximate surface area is 65.8 Å². The molecule has 0 aromatic heterocycles. The maximum Gasteiger partial charge on any atom is 0.121 e. The molecule has 0 saturated carbocycles. The van der Waals surface area contributed by atoms with Crippen LogP contribution in [0.1, 0.15) is 6.92 Å². The molecule has 60 valence electrons. The van der Waals surface area contributed by atoms with Gasteiger partial charge in [0.15, 0.2) is 0 Å². The van der Waals surface area contributed by atoms with E-state index in [0.717, 1.165) is 11.4 Å². The number of nitrogen functional groups attached to an aromatic ring is 1. The van der Waals surface area contributed by atoms with Crippen LogP contribution >= 0.6 is 0 Å². The molecule has 0 amide bonds. The van der Waals surface area contributed by atoms with Crippen molar-refractivity contribution in [1.29, 1.82) is 0 Å². The lowest BCUT2D eigenvalue weighted by molar-refractivity contribution is 0.224. The molecule has 1 aromatic carbocycles. The van der Waals surface area contributed by atoms with Gasteiger partial charge in [0.1, 0.15) is 6.23 Å². The second kappa shape index (κ2) is 3.25. The number of hydrogen-bond acceptors (Lipinski definition) is 3. The molecule has 3 nitrogen and oxygen atoms in total. The number of aliphatic hydroxyl groups is 1. The average molecular weight is 152 g/mol. The fourth-order valence-corrected chi connectivity index (χ4v) is 0.821. The minimum Gasteiger partial charge on any atom is -0.399 e. The van der Waals surface area contributed by atoms with E-state index in [-0.39, 0.29) is 0 Å². The zero-order valence-corrected chi connectivity index (χ0v) is 6.41. The predicted molar refractivity (Wildman–Crippen MR) is 46.2 cm³/mol. The zero-order valence-electron chi connectivity index (χ0n) is 6.41. The Morgan fingerprint density at radius 2 is 1.91 bits per heavy atom. The molecule has 11 heavy (non-hydrogen) atoms. The summed E-state index contributed by atoms with van der Waals surface area (Å²) < 4.78 is 0. The number of anilines is 2. The highest BCUT2D eigenvalue weighted by molar-refractivity contribution is 5.51. The van der Waals surface area contributed by atoms with Crippen LogP contribution in [0.5, 0.6) is 0 Å². The molecule has 0 radical (unpaired) electrons. The van der Waals surface area contributed by atoms with Crippen LogP contribution in [0, 0.1) is 0 Å². The lowest BCUT2D eigenvalue weighted by Crippen LogP contribution is -2.12. The van der Waals surface area contributed by atoms with Crippen molar-refractivity contribution in [3.8, 4) is 0 Å². The van der Waals surface area contributed by atoms with E-state index in [1.807, 2.05) is 12.1 Å². The number of nitrogens with one attached hydrogen (secondary N) is 1. The molecule has 1 rings (SSSR count). The van der Waals surface area contributed by atoms with Crippen molar-refractivity contribution in [3.05, 3.63) is 24.3 Å². The lowest BCUT2D eigenvalue weighted by atomic mass is 10.3. The molecule has 1 aromatic rings. The molecule has 0 spiro atoms. The second-order valence-electron chi connectivity index (χ2n) is 2.44. The normalized spacial score (nSPS) is 12.5. The summed E-state index contributed by atoms with van der Waals surface area (Å²) in [7, 11) is 0. The lowest BCUT2D eigenvalue weighted by Gasteiger charge is -2.08. The standard InChI is InChI=1S/C8H12N2O/c1-6(11)10-8-4-2-7(9)3-5-8/h2-6,10-11H,9H2,1H3. The Hall–Kier alpha value is -1.22. The topological polar surface area (TPSA) is 58.3 Å². The Morgan fingerprint density at radius 1 is 1.36 bits per heavy atom. The van der Waals surface area contributed by atoms with Crippen LogP contribution in [0.15, 0.2) is 24.3 Å². The van der Waals surface area contributed by atoms with Crippen molar-refractivity contribution in [2.45, 2.75) is 13.2 Å². The SMILES string of the molecule is CC(O)Nc1ccc(N)cc1. The Kier molecular flexibility index (Phi) is 2.33. The van der Waals surface area contributed by atoms with Gasteiger partial charge in [0.25, 0.3) is 0 Å². The van der Waals surface area contributed by atoms with Gasteiger partial charge in [-0.25, -0.2) is 0 Å². The molecule has 0 heterocycles. The van der Waals surface area contributed by atoms with E-state index in [1.54, 1.807) is 19.1 Å². The first kappa shape index (κ1) is 7.88. The van der Waals surface area contributed by atoms with E-state index in [1.165, 1.54) is 0 Å². The van der Waals surface area contributed by atoms with Gasteiger partial charge in [-0.3, -0.25) is 0 Å². The first-order chi connectivity index (χ1) is 5.18. The maximum atomic E-state index is 8.93. The largest absolute Gasteiger partial charge is 0.399 e. The molecule has 3 heteroatoms. The van der Waals surface area contributed by atoms with E-state index in [9.17, 15) is 0 Å². The summed E-state index contributed by atoms with van der Waals surface area (Å²) in [6.45, 7) is 1.66. The van der Waals surface area contributed by atoms with Crippen molar-refractivity contribution < 1.29 is 5.11 Å². The third kappa shape index (κ3) is 2.47. The Morgan fingerprint density at radius 3 is 2.36 bits per heavy atom. The van der Waals surface area contributed by atoms with Gasteiger partial charge in [-0.1, -0.05) is 0 Å². The van der Waals surface area contributed by atoms with Gasteiger partial charge in [-0.2, -0.15) is 0 Å². The first-order valence-electron chi connectivity index (χ1n) is 3.48. The molecular weight excluding hydrogens is 140 g/mol. The summed E-state index contributed by atoms with van der Waals surface area (Å²) in [5.41, 5.74) is 7.06. The van der Waals surface area contributed by atoms with Gasteiger partial charge in [0.05, 0.1) is 0 Å². The van der Waals surface area contributed by atoms with Crippen LogP contribution < -0.4 is 11.1 Å². The van der Waals surface area contributed by atoms with Crippen LogP contribution in [0.3, 0.4) is 0 Å². The average Bonchev–Trinajstić information content (AvgIpc) is 1.93. The second-order valence-corrected chi connectivity index (χ2v) is 2.44. The molecule has 1 unspecified atom stereocenters. The van der Waals surface area contributed by atoms with Gasteiger partial charge < -0.3 is 16.2 Å². The molecule has 0 aliphatic heterocycles. The molecule has 1 atom stereocenters. The summed E-state index contributed by atoms with van der Waals surface area (Å²) in [4.78, 5) is 0. The summed E-state index contributed by atoms with van der Waals surface area (Å²) in [6.07, 6.45) is -0.529. The van der Waals surface area contributed by atoms with Crippen LogP contribution in [-0.4, -0.2) is 11.3 Å². The summed E-state index contributed by atoms with van der Waals surface area (Å²) >= 11 is 0. The molecule has 0 fully saturated rings. The van der Waals surface area contributed by atoms with Gasteiger partial charge in [0.2, 0.25) is 0 Å². The molecule has 0 aliphatic rings. The van der Waals surface area contributed by atoms with E-state index in [0.29, 0.717) is 0 Å². The number of rotatable bonds is 2. The molecule has 0 saturated heterocycles. The first-order valence-corrected chi connectivity index (χ1v) is 3.48. The van der Waals surface area contributed by atoms with Crippen LogP contribution in [0.25, 0.3) is 0 Å². The highest BCUT2D eigenvalue weighted by atomic mass is 16.3. The number of aliphatic hydroxyl groups excluding tert-OH is 1. The highest BCUT2D eigenvalue weighted by Gasteiger charge is 1.93. The van der Waals surface area contributed by atoms with E-state index < -0.39 is 6.23 Å². The molecule has 0 aliphatic carbocycles. The van der Waals surface area contributed by atoms with Crippen molar-refractivity contribution >= 4 is 11.4 Å². The van der Waals surface area contributed by atoms with Gasteiger partial charge >= 0.3 is 0 Å². The van der Waals surface area contributed by atoms with Crippen molar-refractivity contribution in [2.75, 3.05) is 11.1 Å². The van der Waals surface area contributed by atoms with Crippen molar-refractivity contribution in [2.24, 2.45) is 0 Å². The van der Waals surface area contributed by atoms with E-state index in [4.69, 9.17) is 10.8 Å².